The highest BCUT2D eigenvalue weighted by atomic mass is 32.2. The number of ether oxygens (including phenoxy) is 1. The van der Waals surface area contributed by atoms with Crippen LogP contribution in [0.25, 0.3) is 10.2 Å². The first-order valence-corrected chi connectivity index (χ1v) is 15.5. The number of thioether (sulfide) groups is 1. The number of aromatic nitrogens is 1. The zero-order valence-electron chi connectivity index (χ0n) is 22.5. The minimum absolute atomic E-state index is 0.0783. The van der Waals surface area contributed by atoms with Crippen LogP contribution in [0.4, 0.5) is 5.69 Å². The van der Waals surface area contributed by atoms with Gasteiger partial charge >= 0.3 is 0 Å². The van der Waals surface area contributed by atoms with Gasteiger partial charge in [0, 0.05) is 48.4 Å². The number of thiazole rings is 1. The minimum Gasteiger partial charge on any atom is -0.490 e. The van der Waals surface area contributed by atoms with Crippen LogP contribution in [-0.4, -0.2) is 38.9 Å². The number of hydrogen-bond acceptors (Lipinski definition) is 7. The summed E-state index contributed by atoms with van der Waals surface area (Å²) in [6, 6.07) is 21.4. The molecule has 40 heavy (non-hydrogen) atoms. The van der Waals surface area contributed by atoms with Crippen LogP contribution in [0.5, 0.6) is 5.75 Å². The fourth-order valence-corrected chi connectivity index (χ4v) is 7.96. The lowest BCUT2D eigenvalue weighted by Gasteiger charge is -2.39. The van der Waals surface area contributed by atoms with Crippen molar-refractivity contribution in [3.05, 3.63) is 93.5 Å². The van der Waals surface area contributed by atoms with Gasteiger partial charge in [-0.15, -0.1) is 11.3 Å². The maximum Gasteiger partial charge on any atom is 0.270 e. The van der Waals surface area contributed by atoms with Crippen LogP contribution in [0.15, 0.2) is 71.1 Å². The highest BCUT2D eigenvalue weighted by Gasteiger charge is 2.44. The SMILES string of the molecule is CC(C)c1ccccc1OC1CC2CCC(C1)N2C(=O)c1ccc(CSc2nc3ccc([N+](=O)[O-])cc3s2)cc1. The van der Waals surface area contributed by atoms with Crippen LogP contribution in [-0.2, 0) is 5.75 Å². The van der Waals surface area contributed by atoms with Crippen molar-refractivity contribution in [2.45, 2.75) is 73.7 Å². The average molecular weight is 574 g/mol. The van der Waals surface area contributed by atoms with Gasteiger partial charge in [-0.25, -0.2) is 4.98 Å². The zero-order chi connectivity index (χ0) is 27.8. The Morgan fingerprint density at radius 3 is 2.52 bits per heavy atom. The van der Waals surface area contributed by atoms with Gasteiger partial charge < -0.3 is 9.64 Å². The molecule has 3 heterocycles. The lowest BCUT2D eigenvalue weighted by molar-refractivity contribution is -0.384. The average Bonchev–Trinajstić information content (AvgIpc) is 3.48. The number of rotatable bonds is 8. The third-order valence-electron chi connectivity index (χ3n) is 7.89. The highest BCUT2D eigenvalue weighted by Crippen LogP contribution is 2.39. The molecule has 7 nitrogen and oxygen atoms in total. The summed E-state index contributed by atoms with van der Waals surface area (Å²) in [7, 11) is 0. The van der Waals surface area contributed by atoms with Crippen molar-refractivity contribution in [2.75, 3.05) is 0 Å². The van der Waals surface area contributed by atoms with Crippen molar-refractivity contribution in [1.82, 2.24) is 9.88 Å². The Hall–Kier alpha value is -3.43. The molecule has 206 valence electrons. The molecule has 2 atom stereocenters. The summed E-state index contributed by atoms with van der Waals surface area (Å²) in [4.78, 5) is 30.9. The lowest BCUT2D eigenvalue weighted by atomic mass is 9.97. The fraction of sp³-hybridized carbons (Fsp3) is 0.355. The molecule has 0 radical (unpaired) electrons. The second kappa shape index (κ2) is 11.2. The number of nitro benzene ring substituents is 1. The molecule has 0 aliphatic carbocycles. The monoisotopic (exact) mass is 573 g/mol. The Balaban J connectivity index is 1.07. The number of nitro groups is 1. The van der Waals surface area contributed by atoms with Crippen LogP contribution in [0.2, 0.25) is 0 Å². The number of hydrogen-bond donors (Lipinski definition) is 0. The molecule has 2 bridgehead atoms. The van der Waals surface area contributed by atoms with Gasteiger partial charge in [0.05, 0.1) is 15.1 Å². The highest BCUT2D eigenvalue weighted by molar-refractivity contribution is 8.00. The van der Waals surface area contributed by atoms with Gasteiger partial charge in [-0.05, 0) is 54.2 Å². The van der Waals surface area contributed by atoms with Crippen LogP contribution >= 0.6 is 23.1 Å². The Kier molecular flexibility index (Phi) is 7.51. The second-order valence-corrected chi connectivity index (χ2v) is 13.1. The quantitative estimate of drug-likeness (QED) is 0.121. The predicted octanol–water partition coefficient (Wildman–Crippen LogP) is 7.83. The standard InChI is InChI=1S/C31H31N3O4S2/c1-19(2)26-5-3-4-6-28(26)38-25-15-22-11-12-23(16-25)33(22)30(35)21-9-7-20(8-10-21)18-39-31-32-27-14-13-24(34(36)37)17-29(27)40-31/h3-10,13-14,17,19,22-23,25H,11-12,15-16,18H2,1-2H3. The van der Waals surface area contributed by atoms with Gasteiger partial charge in [0.2, 0.25) is 0 Å². The Morgan fingerprint density at radius 1 is 1.10 bits per heavy atom. The molecule has 3 aromatic carbocycles. The summed E-state index contributed by atoms with van der Waals surface area (Å²) in [5.41, 5.74) is 3.91. The Labute approximate surface area is 241 Å². The number of piperidine rings is 1. The third-order valence-corrected chi connectivity index (χ3v) is 10.1. The van der Waals surface area contributed by atoms with Crippen molar-refractivity contribution >= 4 is 44.9 Å². The molecule has 1 aromatic heterocycles. The lowest BCUT2D eigenvalue weighted by Crippen LogP contribution is -2.49. The number of para-hydroxylation sites is 1. The zero-order valence-corrected chi connectivity index (χ0v) is 24.1. The Morgan fingerprint density at radius 2 is 1.82 bits per heavy atom. The molecule has 2 aliphatic heterocycles. The van der Waals surface area contributed by atoms with Crippen molar-refractivity contribution < 1.29 is 14.5 Å². The van der Waals surface area contributed by atoms with E-state index in [1.54, 1.807) is 23.9 Å². The van der Waals surface area contributed by atoms with Crippen LogP contribution in [0.3, 0.4) is 0 Å². The van der Waals surface area contributed by atoms with E-state index in [1.807, 2.05) is 30.3 Å². The molecule has 2 saturated heterocycles. The number of non-ortho nitro benzene ring substituents is 1. The maximum absolute atomic E-state index is 13.6. The van der Waals surface area contributed by atoms with Gasteiger partial charge in [-0.3, -0.25) is 14.9 Å². The molecule has 6 rings (SSSR count). The smallest absolute Gasteiger partial charge is 0.270 e. The van der Waals surface area contributed by atoms with E-state index >= 15 is 0 Å². The topological polar surface area (TPSA) is 85.6 Å². The van der Waals surface area contributed by atoms with Crippen LogP contribution in [0.1, 0.15) is 66.9 Å². The van der Waals surface area contributed by atoms with E-state index in [0.29, 0.717) is 11.7 Å². The van der Waals surface area contributed by atoms with E-state index in [4.69, 9.17) is 4.74 Å². The Bertz CT molecular complexity index is 1540. The van der Waals surface area contributed by atoms with Crippen LogP contribution < -0.4 is 4.74 Å². The second-order valence-electron chi connectivity index (χ2n) is 10.9. The first-order chi connectivity index (χ1) is 19.4. The molecule has 0 N–H and O–H groups in total. The summed E-state index contributed by atoms with van der Waals surface area (Å²) in [6.45, 7) is 4.38. The molecule has 1 amide bonds. The first-order valence-electron chi connectivity index (χ1n) is 13.7. The van der Waals surface area contributed by atoms with E-state index in [2.05, 4.69) is 41.9 Å². The van der Waals surface area contributed by atoms with Gasteiger partial charge in [0.15, 0.2) is 4.34 Å². The molecule has 4 aromatic rings. The number of amides is 1. The van der Waals surface area contributed by atoms with E-state index in [0.717, 1.165) is 57.1 Å². The van der Waals surface area contributed by atoms with Crippen LogP contribution in [0, 0.1) is 10.1 Å². The van der Waals surface area contributed by atoms with Gasteiger partial charge in [0.25, 0.3) is 11.6 Å². The predicted molar refractivity (Wildman–Crippen MR) is 159 cm³/mol. The first kappa shape index (κ1) is 26.8. The van der Waals surface area contributed by atoms with Gasteiger partial charge in [-0.2, -0.15) is 0 Å². The summed E-state index contributed by atoms with van der Waals surface area (Å²) < 4.78 is 8.18. The molecule has 2 fully saturated rings. The maximum atomic E-state index is 13.6. The number of nitrogens with zero attached hydrogens (tertiary/aromatic N) is 3. The molecule has 2 unspecified atom stereocenters. The number of carbonyl (C=O) groups excluding carboxylic acids is 1. The van der Waals surface area contributed by atoms with Gasteiger partial charge in [0.1, 0.15) is 11.9 Å². The molecule has 0 spiro atoms. The molecule has 9 heteroatoms. The molecule has 0 saturated carbocycles. The summed E-state index contributed by atoms with van der Waals surface area (Å²) in [6.07, 6.45) is 3.93. The normalized spacial score (nSPS) is 20.3. The van der Waals surface area contributed by atoms with E-state index < -0.39 is 0 Å². The van der Waals surface area contributed by atoms with Crippen molar-refractivity contribution in [2.24, 2.45) is 0 Å². The number of fused-ring (bicyclic) bond motifs is 3. The minimum atomic E-state index is -0.386. The van der Waals surface area contributed by atoms with E-state index in [1.165, 1.54) is 23.0 Å². The van der Waals surface area contributed by atoms with E-state index in [9.17, 15) is 14.9 Å². The molecular weight excluding hydrogens is 542 g/mol. The van der Waals surface area contributed by atoms with Gasteiger partial charge in [-0.1, -0.05) is 55.9 Å². The van der Waals surface area contributed by atoms with Crippen molar-refractivity contribution in [1.29, 1.82) is 0 Å². The summed E-state index contributed by atoms with van der Waals surface area (Å²) >= 11 is 3.06. The van der Waals surface area contributed by atoms with E-state index in [-0.39, 0.29) is 34.7 Å². The number of benzene rings is 3. The third kappa shape index (κ3) is 5.45. The van der Waals surface area contributed by atoms with Crippen molar-refractivity contribution in [3.63, 3.8) is 0 Å². The number of carbonyl (C=O) groups is 1. The summed E-state index contributed by atoms with van der Waals surface area (Å²) in [5.74, 6) is 2.20. The van der Waals surface area contributed by atoms with Crippen molar-refractivity contribution in [3.8, 4) is 5.75 Å². The molecular formula is C31H31N3O4S2. The summed E-state index contributed by atoms with van der Waals surface area (Å²) in [5, 5.41) is 11.0. The molecule has 2 aliphatic rings. The fourth-order valence-electron chi connectivity index (χ4n) is 5.90. The largest absolute Gasteiger partial charge is 0.490 e.